The molecule has 1 atom stereocenters. The normalized spacial score (nSPS) is 18.3. The number of hydrogen-bond donors (Lipinski definition) is 1. The van der Waals surface area contributed by atoms with E-state index in [4.69, 9.17) is 16.3 Å². The van der Waals surface area contributed by atoms with E-state index in [1.54, 1.807) is 0 Å². The fourth-order valence-electron chi connectivity index (χ4n) is 3.05. The molecule has 1 N–H and O–H groups in total. The van der Waals surface area contributed by atoms with Gasteiger partial charge in [-0.25, -0.2) is 0 Å². The second-order valence-corrected chi connectivity index (χ2v) is 6.94. The third-order valence-electron chi connectivity index (χ3n) is 4.71. The zero-order chi connectivity index (χ0) is 17.0. The molecule has 4 heteroatoms. The Kier molecular flexibility index (Phi) is 5.57. The second kappa shape index (κ2) is 7.66. The molecule has 24 heavy (non-hydrogen) atoms. The summed E-state index contributed by atoms with van der Waals surface area (Å²) in [5.74, 6) is 0. The van der Waals surface area contributed by atoms with Crippen LogP contribution in [-0.2, 0) is 10.3 Å². The van der Waals surface area contributed by atoms with Crippen LogP contribution in [0.1, 0.15) is 18.9 Å². The number of morpholine rings is 1. The van der Waals surface area contributed by atoms with E-state index in [0.29, 0.717) is 6.42 Å². The summed E-state index contributed by atoms with van der Waals surface area (Å²) in [6, 6.07) is 15.9. The highest BCUT2D eigenvalue weighted by Gasteiger charge is 2.24. The first-order valence-electron chi connectivity index (χ1n) is 8.44. The van der Waals surface area contributed by atoms with E-state index in [1.807, 2.05) is 55.5 Å². The molecule has 2 aromatic carbocycles. The average molecular weight is 346 g/mol. The molecule has 128 valence electrons. The van der Waals surface area contributed by atoms with Gasteiger partial charge in [0.15, 0.2) is 0 Å². The van der Waals surface area contributed by atoms with Crippen molar-refractivity contribution in [3.63, 3.8) is 0 Å². The summed E-state index contributed by atoms with van der Waals surface area (Å²) < 4.78 is 5.37. The Labute approximate surface area is 148 Å². The first-order chi connectivity index (χ1) is 11.6. The topological polar surface area (TPSA) is 32.7 Å². The second-order valence-electron chi connectivity index (χ2n) is 6.54. The van der Waals surface area contributed by atoms with Crippen molar-refractivity contribution >= 4 is 11.6 Å². The van der Waals surface area contributed by atoms with Crippen LogP contribution in [0.15, 0.2) is 48.5 Å². The number of nitrogens with zero attached hydrogens (tertiary/aromatic N) is 1. The highest BCUT2D eigenvalue weighted by molar-refractivity contribution is 6.33. The molecule has 0 radical (unpaired) electrons. The third-order valence-corrected chi connectivity index (χ3v) is 5.04. The summed E-state index contributed by atoms with van der Waals surface area (Å²) in [7, 11) is 0. The van der Waals surface area contributed by atoms with Gasteiger partial charge in [0, 0.05) is 30.2 Å². The molecule has 3 nitrogen and oxygen atoms in total. The molecule has 2 aromatic rings. The van der Waals surface area contributed by atoms with Crippen LogP contribution in [0.25, 0.3) is 11.1 Å². The minimum Gasteiger partial charge on any atom is -0.385 e. The van der Waals surface area contributed by atoms with Crippen molar-refractivity contribution in [2.24, 2.45) is 0 Å². The van der Waals surface area contributed by atoms with E-state index >= 15 is 0 Å². The molecule has 1 aliphatic rings. The molecule has 0 aliphatic carbocycles. The summed E-state index contributed by atoms with van der Waals surface area (Å²) in [6.07, 6.45) is 0.707. The minimum atomic E-state index is -0.836. The monoisotopic (exact) mass is 345 g/mol. The SMILES string of the molecule is CC(O)(CCN1CCOCC1)c1ccc(-c2ccccc2Cl)cc1. The van der Waals surface area contributed by atoms with E-state index in [1.165, 1.54) is 0 Å². The van der Waals surface area contributed by atoms with Crippen molar-refractivity contribution in [3.05, 3.63) is 59.1 Å². The predicted octanol–water partition coefficient (Wildman–Crippen LogP) is 3.94. The van der Waals surface area contributed by atoms with Gasteiger partial charge in [-0.15, -0.1) is 0 Å². The smallest absolute Gasteiger partial charge is 0.0880 e. The number of ether oxygens (including phenoxy) is 1. The largest absolute Gasteiger partial charge is 0.385 e. The Bertz CT molecular complexity index is 664. The van der Waals surface area contributed by atoms with Gasteiger partial charge in [0.1, 0.15) is 0 Å². The highest BCUT2D eigenvalue weighted by atomic mass is 35.5. The van der Waals surface area contributed by atoms with E-state index < -0.39 is 5.60 Å². The molecule has 0 spiro atoms. The molecule has 0 saturated carbocycles. The number of benzene rings is 2. The Balaban J connectivity index is 1.68. The molecule has 3 rings (SSSR count). The predicted molar refractivity (Wildman–Crippen MR) is 98.3 cm³/mol. The maximum atomic E-state index is 10.8. The summed E-state index contributed by atoms with van der Waals surface area (Å²) in [5, 5.41) is 11.6. The van der Waals surface area contributed by atoms with Gasteiger partial charge in [-0.1, -0.05) is 54.1 Å². The molecule has 0 amide bonds. The van der Waals surface area contributed by atoms with Crippen molar-refractivity contribution < 1.29 is 9.84 Å². The lowest BCUT2D eigenvalue weighted by atomic mass is 9.90. The molecule has 1 saturated heterocycles. The first kappa shape index (κ1) is 17.4. The number of halogens is 1. The summed E-state index contributed by atoms with van der Waals surface area (Å²) in [5.41, 5.74) is 2.18. The van der Waals surface area contributed by atoms with Crippen LogP contribution >= 0.6 is 11.6 Å². The molecule has 0 bridgehead atoms. The van der Waals surface area contributed by atoms with Gasteiger partial charge >= 0.3 is 0 Å². The lowest BCUT2D eigenvalue weighted by Gasteiger charge is -2.31. The average Bonchev–Trinajstić information content (AvgIpc) is 2.62. The summed E-state index contributed by atoms with van der Waals surface area (Å²) in [6.45, 7) is 6.23. The van der Waals surface area contributed by atoms with Crippen LogP contribution < -0.4 is 0 Å². The molecular weight excluding hydrogens is 322 g/mol. The lowest BCUT2D eigenvalue weighted by Crippen LogP contribution is -2.39. The van der Waals surface area contributed by atoms with Crippen LogP contribution in [-0.4, -0.2) is 42.9 Å². The summed E-state index contributed by atoms with van der Waals surface area (Å²) in [4.78, 5) is 2.34. The Hall–Kier alpha value is -1.39. The van der Waals surface area contributed by atoms with Gasteiger partial charge in [0.2, 0.25) is 0 Å². The Morgan fingerprint density at radius 2 is 1.75 bits per heavy atom. The molecule has 0 aromatic heterocycles. The fourth-order valence-corrected chi connectivity index (χ4v) is 3.29. The van der Waals surface area contributed by atoms with E-state index in [9.17, 15) is 5.11 Å². The maximum absolute atomic E-state index is 10.8. The van der Waals surface area contributed by atoms with Gasteiger partial charge in [0.05, 0.1) is 18.8 Å². The zero-order valence-electron chi connectivity index (χ0n) is 14.0. The van der Waals surface area contributed by atoms with Crippen molar-refractivity contribution in [2.75, 3.05) is 32.8 Å². The van der Waals surface area contributed by atoms with Crippen LogP contribution in [0.5, 0.6) is 0 Å². The van der Waals surface area contributed by atoms with E-state index in [2.05, 4.69) is 4.90 Å². The van der Waals surface area contributed by atoms with Gasteiger partial charge < -0.3 is 9.84 Å². The van der Waals surface area contributed by atoms with Gasteiger partial charge in [-0.2, -0.15) is 0 Å². The molecule has 1 heterocycles. The van der Waals surface area contributed by atoms with Crippen LogP contribution in [0.4, 0.5) is 0 Å². The van der Waals surface area contributed by atoms with Crippen molar-refractivity contribution in [1.82, 2.24) is 4.90 Å². The minimum absolute atomic E-state index is 0.707. The maximum Gasteiger partial charge on any atom is 0.0880 e. The van der Waals surface area contributed by atoms with E-state index in [-0.39, 0.29) is 0 Å². The molecule has 1 unspecified atom stereocenters. The van der Waals surface area contributed by atoms with Gasteiger partial charge in [-0.05, 0) is 30.5 Å². The number of hydrogen-bond acceptors (Lipinski definition) is 3. The number of aliphatic hydroxyl groups is 1. The lowest BCUT2D eigenvalue weighted by molar-refractivity contribution is 0.00549. The number of rotatable bonds is 5. The fraction of sp³-hybridized carbons (Fsp3) is 0.400. The van der Waals surface area contributed by atoms with E-state index in [0.717, 1.165) is 54.6 Å². The van der Waals surface area contributed by atoms with Gasteiger partial charge in [-0.3, -0.25) is 4.90 Å². The first-order valence-corrected chi connectivity index (χ1v) is 8.82. The molecule has 1 aliphatic heterocycles. The zero-order valence-corrected chi connectivity index (χ0v) is 14.8. The van der Waals surface area contributed by atoms with Crippen molar-refractivity contribution in [1.29, 1.82) is 0 Å². The highest BCUT2D eigenvalue weighted by Crippen LogP contribution is 2.31. The standard InChI is InChI=1S/C20H24ClNO2/c1-20(23,10-11-22-12-14-24-15-13-22)17-8-6-16(7-9-17)18-4-2-3-5-19(18)21/h2-9,23H,10-15H2,1H3. The van der Waals surface area contributed by atoms with Gasteiger partial charge in [0.25, 0.3) is 0 Å². The molecule has 1 fully saturated rings. The van der Waals surface area contributed by atoms with Crippen LogP contribution in [0, 0.1) is 0 Å². The van der Waals surface area contributed by atoms with Crippen molar-refractivity contribution in [3.8, 4) is 11.1 Å². The summed E-state index contributed by atoms with van der Waals surface area (Å²) >= 11 is 6.26. The quantitative estimate of drug-likeness (QED) is 0.891. The van der Waals surface area contributed by atoms with Crippen LogP contribution in [0.2, 0.25) is 5.02 Å². The van der Waals surface area contributed by atoms with Crippen LogP contribution in [0.3, 0.4) is 0 Å². The Morgan fingerprint density at radius 1 is 1.08 bits per heavy atom. The molecular formula is C20H24ClNO2. The Morgan fingerprint density at radius 3 is 2.42 bits per heavy atom. The van der Waals surface area contributed by atoms with Crippen molar-refractivity contribution in [2.45, 2.75) is 18.9 Å². The third kappa shape index (κ3) is 4.17.